The molecule has 0 aliphatic carbocycles. The summed E-state index contributed by atoms with van der Waals surface area (Å²) in [5, 5.41) is 2.03. The lowest BCUT2D eigenvalue weighted by molar-refractivity contribution is -0.152. The lowest BCUT2D eigenvalue weighted by atomic mass is 10.2. The molecule has 8 heteroatoms. The minimum Gasteiger partial charge on any atom is -0.459 e. The molecule has 1 aromatic carbocycles. The molecule has 0 bridgehead atoms. The van der Waals surface area contributed by atoms with Gasteiger partial charge < -0.3 is 10.1 Å². The molecule has 0 saturated carbocycles. The van der Waals surface area contributed by atoms with Crippen molar-refractivity contribution in [3.05, 3.63) is 28.2 Å². The van der Waals surface area contributed by atoms with Gasteiger partial charge in [0.2, 0.25) is 0 Å². The second kappa shape index (κ2) is 6.05. The average molecular weight is 340 g/mol. The molecule has 104 valence electrons. The van der Waals surface area contributed by atoms with Crippen LogP contribution in [0, 0.1) is 0 Å². The molecule has 0 fully saturated rings. The van der Waals surface area contributed by atoms with Gasteiger partial charge >= 0.3 is 18.1 Å². The molecule has 19 heavy (non-hydrogen) atoms. The zero-order valence-corrected chi connectivity index (χ0v) is 11.3. The van der Waals surface area contributed by atoms with Crippen LogP contribution < -0.4 is 5.32 Å². The largest absolute Gasteiger partial charge is 0.459 e. The fraction of sp³-hybridized carbons (Fsp3) is 0.273. The third-order valence-corrected chi connectivity index (χ3v) is 2.68. The van der Waals surface area contributed by atoms with Gasteiger partial charge in [-0.2, -0.15) is 13.2 Å². The Labute approximate surface area is 115 Å². The van der Waals surface area contributed by atoms with Crippen LogP contribution in [0.5, 0.6) is 0 Å². The third kappa shape index (κ3) is 4.23. The Hall–Kier alpha value is -1.57. The van der Waals surface area contributed by atoms with Gasteiger partial charge in [-0.3, -0.25) is 4.79 Å². The number of amides is 1. The fourth-order valence-electron chi connectivity index (χ4n) is 1.20. The van der Waals surface area contributed by atoms with Gasteiger partial charge in [-0.1, -0.05) is 15.9 Å². The predicted octanol–water partition coefficient (Wildman–Crippen LogP) is 2.97. The summed E-state index contributed by atoms with van der Waals surface area (Å²) in [6.07, 6.45) is -4.57. The number of benzene rings is 1. The molecule has 0 radical (unpaired) electrons. The third-order valence-electron chi connectivity index (χ3n) is 1.99. The van der Waals surface area contributed by atoms with Crippen LogP contribution in [0.15, 0.2) is 22.7 Å². The number of esters is 1. The summed E-state index contributed by atoms with van der Waals surface area (Å²) in [6.45, 7) is 1.51. The maximum atomic E-state index is 12.6. The molecular weight excluding hydrogens is 331 g/mol. The van der Waals surface area contributed by atoms with Crippen LogP contribution in [0.4, 0.5) is 18.9 Å². The monoisotopic (exact) mass is 339 g/mol. The van der Waals surface area contributed by atoms with E-state index in [9.17, 15) is 22.8 Å². The minimum atomic E-state index is -4.57. The van der Waals surface area contributed by atoms with E-state index in [1.807, 2.05) is 5.32 Å². The van der Waals surface area contributed by atoms with Crippen LogP contribution in [-0.4, -0.2) is 18.5 Å². The van der Waals surface area contributed by atoms with Gasteiger partial charge in [0.25, 0.3) is 0 Å². The van der Waals surface area contributed by atoms with Crippen LogP contribution in [0.25, 0.3) is 0 Å². The smallest absolute Gasteiger partial charge is 0.417 e. The SMILES string of the molecule is CCOC(=O)C(=O)Nc1ccc(Br)c(C(F)(F)F)c1. The summed E-state index contributed by atoms with van der Waals surface area (Å²) in [5.74, 6) is -2.28. The first-order valence-corrected chi connectivity index (χ1v) is 5.90. The average Bonchev–Trinajstić information content (AvgIpc) is 2.30. The number of ether oxygens (including phenoxy) is 1. The zero-order chi connectivity index (χ0) is 14.6. The number of carbonyl (C=O) groups excluding carboxylic acids is 2. The maximum Gasteiger partial charge on any atom is 0.417 e. The van der Waals surface area contributed by atoms with Gasteiger partial charge in [0.05, 0.1) is 12.2 Å². The number of nitrogens with one attached hydrogen (secondary N) is 1. The molecule has 0 spiro atoms. The lowest BCUT2D eigenvalue weighted by Gasteiger charge is -2.11. The number of hydrogen-bond donors (Lipinski definition) is 1. The molecule has 1 amide bonds. The Morgan fingerprint density at radius 1 is 1.37 bits per heavy atom. The highest BCUT2D eigenvalue weighted by molar-refractivity contribution is 9.10. The van der Waals surface area contributed by atoms with E-state index in [-0.39, 0.29) is 16.8 Å². The number of anilines is 1. The van der Waals surface area contributed by atoms with Crippen molar-refractivity contribution in [3.63, 3.8) is 0 Å². The molecule has 0 saturated heterocycles. The van der Waals surface area contributed by atoms with Gasteiger partial charge in [-0.15, -0.1) is 0 Å². The molecule has 0 aliphatic rings. The number of halogens is 4. The summed E-state index contributed by atoms with van der Waals surface area (Å²) in [6, 6.07) is 3.08. The van der Waals surface area contributed by atoms with Gasteiger partial charge in [0.15, 0.2) is 0 Å². The van der Waals surface area contributed by atoms with Crippen molar-refractivity contribution in [2.24, 2.45) is 0 Å². The second-order valence-corrected chi connectivity index (χ2v) is 4.22. The number of hydrogen-bond acceptors (Lipinski definition) is 3. The summed E-state index contributed by atoms with van der Waals surface area (Å²) in [4.78, 5) is 22.3. The van der Waals surface area contributed by atoms with Crippen molar-refractivity contribution >= 4 is 33.5 Å². The molecule has 1 aromatic rings. The number of carbonyl (C=O) groups is 2. The molecule has 0 heterocycles. The number of alkyl halides is 3. The Morgan fingerprint density at radius 3 is 2.53 bits per heavy atom. The maximum absolute atomic E-state index is 12.6. The molecule has 1 N–H and O–H groups in total. The quantitative estimate of drug-likeness (QED) is 0.665. The van der Waals surface area contributed by atoms with Gasteiger partial charge in [-0.25, -0.2) is 4.79 Å². The van der Waals surface area contributed by atoms with Crippen LogP contribution in [0.2, 0.25) is 0 Å². The van der Waals surface area contributed by atoms with Crippen molar-refractivity contribution in [1.82, 2.24) is 0 Å². The highest BCUT2D eigenvalue weighted by atomic mass is 79.9. The normalized spacial score (nSPS) is 11.0. The van der Waals surface area contributed by atoms with E-state index < -0.39 is 23.6 Å². The van der Waals surface area contributed by atoms with E-state index in [1.54, 1.807) is 0 Å². The van der Waals surface area contributed by atoms with E-state index in [2.05, 4.69) is 20.7 Å². The molecular formula is C11H9BrF3NO3. The van der Waals surface area contributed by atoms with Gasteiger partial charge in [-0.05, 0) is 25.1 Å². The van der Waals surface area contributed by atoms with E-state index in [4.69, 9.17) is 0 Å². The van der Waals surface area contributed by atoms with E-state index in [0.717, 1.165) is 12.1 Å². The first-order valence-electron chi connectivity index (χ1n) is 5.10. The first-order chi connectivity index (χ1) is 8.75. The van der Waals surface area contributed by atoms with Crippen molar-refractivity contribution in [3.8, 4) is 0 Å². The Kier molecular flexibility index (Phi) is 4.93. The van der Waals surface area contributed by atoms with Crippen molar-refractivity contribution in [2.75, 3.05) is 11.9 Å². The zero-order valence-electron chi connectivity index (χ0n) is 9.68. The first kappa shape index (κ1) is 15.5. The van der Waals surface area contributed by atoms with Crippen molar-refractivity contribution in [1.29, 1.82) is 0 Å². The summed E-state index contributed by atoms with van der Waals surface area (Å²) in [5.41, 5.74) is -1.09. The Morgan fingerprint density at radius 2 is 2.00 bits per heavy atom. The van der Waals surface area contributed by atoms with Gasteiger partial charge in [0, 0.05) is 10.2 Å². The molecule has 1 rings (SSSR count). The summed E-state index contributed by atoms with van der Waals surface area (Å²) in [7, 11) is 0. The van der Waals surface area contributed by atoms with Crippen LogP contribution in [0.1, 0.15) is 12.5 Å². The summed E-state index contributed by atoms with van der Waals surface area (Å²) < 4.78 is 42.1. The molecule has 0 aromatic heterocycles. The van der Waals surface area contributed by atoms with Crippen LogP contribution in [0.3, 0.4) is 0 Å². The second-order valence-electron chi connectivity index (χ2n) is 3.37. The van der Waals surface area contributed by atoms with Crippen LogP contribution >= 0.6 is 15.9 Å². The van der Waals surface area contributed by atoms with E-state index in [0.29, 0.717) is 0 Å². The highest BCUT2D eigenvalue weighted by Crippen LogP contribution is 2.36. The van der Waals surface area contributed by atoms with E-state index in [1.165, 1.54) is 13.0 Å². The van der Waals surface area contributed by atoms with Crippen molar-refractivity contribution in [2.45, 2.75) is 13.1 Å². The lowest BCUT2D eigenvalue weighted by Crippen LogP contribution is -2.25. The van der Waals surface area contributed by atoms with Crippen LogP contribution in [-0.2, 0) is 20.5 Å². The number of rotatable bonds is 2. The molecule has 0 aliphatic heterocycles. The standard InChI is InChI=1S/C11H9BrF3NO3/c1-2-19-10(18)9(17)16-6-3-4-8(12)7(5-6)11(13,14)15/h3-5H,2H2,1H3,(H,16,17). The Balaban J connectivity index is 2.92. The van der Waals surface area contributed by atoms with Crippen molar-refractivity contribution < 1.29 is 27.5 Å². The molecule has 0 unspecified atom stereocenters. The molecule has 4 nitrogen and oxygen atoms in total. The molecule has 0 atom stereocenters. The minimum absolute atomic E-state index is 0.000389. The summed E-state index contributed by atoms with van der Waals surface area (Å²) >= 11 is 2.76. The highest BCUT2D eigenvalue weighted by Gasteiger charge is 2.33. The Bertz CT molecular complexity index is 502. The predicted molar refractivity (Wildman–Crippen MR) is 64.4 cm³/mol. The fourth-order valence-corrected chi connectivity index (χ4v) is 1.67. The van der Waals surface area contributed by atoms with E-state index >= 15 is 0 Å². The van der Waals surface area contributed by atoms with Gasteiger partial charge in [0.1, 0.15) is 0 Å². The topological polar surface area (TPSA) is 55.4 Å².